The molecule has 9 nitrogen and oxygen atoms in total. The second kappa shape index (κ2) is 11.1. The Bertz CT molecular complexity index is 972. The molecule has 10 heteroatoms. The molecule has 0 unspecified atom stereocenters. The number of hydrogen-bond acceptors (Lipinski definition) is 7. The lowest BCUT2D eigenvalue weighted by molar-refractivity contribution is -0.123. The van der Waals surface area contributed by atoms with Crippen molar-refractivity contribution in [3.05, 3.63) is 29.8 Å². The van der Waals surface area contributed by atoms with Crippen LogP contribution in [0.15, 0.2) is 29.2 Å². The number of rotatable bonds is 7. The molecule has 1 aliphatic carbocycles. The first-order valence-corrected chi connectivity index (χ1v) is 13.7. The van der Waals surface area contributed by atoms with Gasteiger partial charge in [-0.3, -0.25) is 14.6 Å². The predicted molar refractivity (Wildman–Crippen MR) is 128 cm³/mol. The Hall–Kier alpha value is -2.03. The fraction of sp³-hybridized carbons (Fsp3) is 0.667. The maximum atomic E-state index is 12.9. The van der Waals surface area contributed by atoms with Crippen LogP contribution in [-0.2, 0) is 19.6 Å². The Labute approximate surface area is 202 Å². The van der Waals surface area contributed by atoms with Gasteiger partial charge in [0, 0.05) is 51.4 Å². The van der Waals surface area contributed by atoms with Gasteiger partial charge in [0.25, 0.3) is 0 Å². The summed E-state index contributed by atoms with van der Waals surface area (Å²) in [4.78, 5) is 17.5. The zero-order valence-electron chi connectivity index (χ0n) is 19.7. The van der Waals surface area contributed by atoms with Gasteiger partial charge in [-0.05, 0) is 37.1 Å². The molecule has 3 aliphatic rings. The van der Waals surface area contributed by atoms with Gasteiger partial charge in [-0.15, -0.1) is 0 Å². The summed E-state index contributed by atoms with van der Waals surface area (Å²) in [6.45, 7) is 6.01. The van der Waals surface area contributed by atoms with Gasteiger partial charge in [0.15, 0.2) is 0 Å². The summed E-state index contributed by atoms with van der Waals surface area (Å²) in [7, 11) is -3.60. The van der Waals surface area contributed by atoms with E-state index in [9.17, 15) is 13.2 Å². The standard InChI is InChI=1S/C24H35N5O4S/c25-18-21-4-6-22(7-5-21)34(31,32)29-12-10-27(11-13-29)19-23(30)26-20-24(8-2-1-3-9-24)28-14-16-33-17-15-28/h4-7H,1-3,8-17,19-20H2,(H,26,30). The number of morpholine rings is 1. The van der Waals surface area contributed by atoms with Crippen molar-refractivity contribution in [1.82, 2.24) is 19.4 Å². The molecule has 0 atom stereocenters. The molecule has 0 bridgehead atoms. The van der Waals surface area contributed by atoms with Gasteiger partial charge in [-0.25, -0.2) is 8.42 Å². The summed E-state index contributed by atoms with van der Waals surface area (Å²) in [5.41, 5.74) is 0.462. The third-order valence-electron chi connectivity index (χ3n) is 7.40. The topological polar surface area (TPSA) is 106 Å². The van der Waals surface area contributed by atoms with Crippen LogP contribution in [0.2, 0.25) is 0 Å². The first-order chi connectivity index (χ1) is 16.4. The van der Waals surface area contributed by atoms with Crippen LogP contribution < -0.4 is 5.32 Å². The van der Waals surface area contributed by atoms with E-state index < -0.39 is 10.0 Å². The highest BCUT2D eigenvalue weighted by atomic mass is 32.2. The smallest absolute Gasteiger partial charge is 0.243 e. The molecule has 1 saturated carbocycles. The average molecular weight is 490 g/mol. The molecular formula is C24H35N5O4S. The lowest BCUT2D eigenvalue weighted by Crippen LogP contribution is -2.60. The lowest BCUT2D eigenvalue weighted by Gasteiger charge is -2.48. The third-order valence-corrected chi connectivity index (χ3v) is 9.31. The van der Waals surface area contributed by atoms with E-state index in [0.29, 0.717) is 38.3 Å². The van der Waals surface area contributed by atoms with Crippen LogP contribution in [0.25, 0.3) is 0 Å². The number of hydrogen-bond donors (Lipinski definition) is 1. The summed E-state index contributed by atoms with van der Waals surface area (Å²) in [5.74, 6) is 0.00149. The van der Waals surface area contributed by atoms with Gasteiger partial charge in [-0.2, -0.15) is 9.57 Å². The van der Waals surface area contributed by atoms with Crippen molar-refractivity contribution in [2.24, 2.45) is 0 Å². The molecule has 4 rings (SSSR count). The number of carbonyl (C=O) groups is 1. The molecule has 2 heterocycles. The van der Waals surface area contributed by atoms with Crippen molar-refractivity contribution in [1.29, 1.82) is 5.26 Å². The first kappa shape index (κ1) is 25.1. The summed E-state index contributed by atoms with van der Waals surface area (Å²) in [5, 5.41) is 12.1. The normalized spacial score (nSPS) is 22.7. The van der Waals surface area contributed by atoms with Gasteiger partial charge in [0.2, 0.25) is 15.9 Å². The quantitative estimate of drug-likeness (QED) is 0.609. The van der Waals surface area contributed by atoms with Crippen molar-refractivity contribution in [3.63, 3.8) is 0 Å². The molecule has 3 fully saturated rings. The molecule has 0 aromatic heterocycles. The zero-order valence-corrected chi connectivity index (χ0v) is 20.6. The highest BCUT2D eigenvalue weighted by Crippen LogP contribution is 2.33. The van der Waals surface area contributed by atoms with Crippen LogP contribution >= 0.6 is 0 Å². The molecule has 1 aromatic carbocycles. The SMILES string of the molecule is N#Cc1ccc(S(=O)(=O)N2CCN(CC(=O)NCC3(N4CCOCC4)CCCCC3)CC2)cc1. The highest BCUT2D eigenvalue weighted by Gasteiger charge is 2.39. The van der Waals surface area contributed by atoms with E-state index in [1.807, 2.05) is 11.0 Å². The predicted octanol–water partition coefficient (Wildman–Crippen LogP) is 1.02. The molecular weight excluding hydrogens is 454 g/mol. The molecule has 34 heavy (non-hydrogen) atoms. The van der Waals surface area contributed by atoms with Crippen LogP contribution in [0.3, 0.4) is 0 Å². The number of nitriles is 1. The Kier molecular flexibility index (Phi) is 8.22. The monoisotopic (exact) mass is 489 g/mol. The summed E-state index contributed by atoms with van der Waals surface area (Å²) in [6, 6.07) is 7.99. The number of benzene rings is 1. The maximum absolute atomic E-state index is 12.9. The second-order valence-electron chi connectivity index (χ2n) is 9.48. The van der Waals surface area contributed by atoms with Gasteiger partial charge in [-0.1, -0.05) is 19.3 Å². The van der Waals surface area contributed by atoms with Crippen molar-refractivity contribution in [2.75, 3.05) is 65.6 Å². The van der Waals surface area contributed by atoms with Crippen LogP contribution in [0.5, 0.6) is 0 Å². The highest BCUT2D eigenvalue weighted by molar-refractivity contribution is 7.89. The molecule has 1 aromatic rings. The first-order valence-electron chi connectivity index (χ1n) is 12.3. The zero-order chi connectivity index (χ0) is 24.0. The largest absolute Gasteiger partial charge is 0.379 e. The average Bonchev–Trinajstić information content (AvgIpc) is 2.89. The molecule has 2 aliphatic heterocycles. The number of nitrogens with zero attached hydrogens (tertiary/aromatic N) is 4. The van der Waals surface area contributed by atoms with Crippen molar-refractivity contribution in [2.45, 2.75) is 42.5 Å². The van der Waals surface area contributed by atoms with Gasteiger partial charge < -0.3 is 10.1 Å². The third kappa shape index (κ3) is 5.78. The number of piperazine rings is 1. The number of amides is 1. The molecule has 1 N–H and O–H groups in total. The van der Waals surface area contributed by atoms with Gasteiger partial charge >= 0.3 is 0 Å². The number of sulfonamides is 1. The summed E-state index contributed by atoms with van der Waals surface area (Å²) < 4.78 is 32.8. The summed E-state index contributed by atoms with van der Waals surface area (Å²) in [6.07, 6.45) is 5.87. The number of nitrogens with one attached hydrogen (secondary N) is 1. The van der Waals surface area contributed by atoms with Crippen molar-refractivity contribution in [3.8, 4) is 6.07 Å². The van der Waals surface area contributed by atoms with E-state index in [1.54, 1.807) is 0 Å². The molecule has 2 saturated heterocycles. The number of carbonyl (C=O) groups excluding carboxylic acids is 1. The van der Waals surface area contributed by atoms with E-state index in [0.717, 1.165) is 39.1 Å². The van der Waals surface area contributed by atoms with Gasteiger partial charge in [0.1, 0.15) is 0 Å². The van der Waals surface area contributed by atoms with Gasteiger partial charge in [0.05, 0.1) is 36.3 Å². The van der Waals surface area contributed by atoms with Crippen LogP contribution in [0.1, 0.15) is 37.7 Å². The van der Waals surface area contributed by atoms with Crippen molar-refractivity contribution >= 4 is 15.9 Å². The Morgan fingerprint density at radius 3 is 2.26 bits per heavy atom. The lowest BCUT2D eigenvalue weighted by atomic mass is 9.79. The van der Waals surface area contributed by atoms with Crippen LogP contribution in [0, 0.1) is 11.3 Å². The Morgan fingerprint density at radius 2 is 1.65 bits per heavy atom. The minimum Gasteiger partial charge on any atom is -0.379 e. The second-order valence-corrected chi connectivity index (χ2v) is 11.4. The molecule has 1 amide bonds. The summed E-state index contributed by atoms with van der Waals surface area (Å²) >= 11 is 0. The number of ether oxygens (including phenoxy) is 1. The van der Waals surface area contributed by atoms with Crippen LogP contribution in [0.4, 0.5) is 0 Å². The van der Waals surface area contributed by atoms with Crippen molar-refractivity contribution < 1.29 is 17.9 Å². The molecule has 0 spiro atoms. The minimum absolute atomic E-state index is 0.00149. The van der Waals surface area contributed by atoms with E-state index in [-0.39, 0.29) is 22.9 Å². The van der Waals surface area contributed by atoms with E-state index in [1.165, 1.54) is 47.8 Å². The molecule has 186 valence electrons. The molecule has 0 radical (unpaired) electrons. The maximum Gasteiger partial charge on any atom is 0.243 e. The Balaban J connectivity index is 1.27. The van der Waals surface area contributed by atoms with E-state index in [4.69, 9.17) is 10.00 Å². The minimum atomic E-state index is -3.60. The van der Waals surface area contributed by atoms with Crippen LogP contribution in [-0.4, -0.2) is 99.5 Å². The Morgan fingerprint density at radius 1 is 1.00 bits per heavy atom. The van der Waals surface area contributed by atoms with E-state index in [2.05, 4.69) is 10.2 Å². The fourth-order valence-corrected chi connectivity index (χ4v) is 6.78. The fourth-order valence-electron chi connectivity index (χ4n) is 5.35. The van der Waals surface area contributed by atoms with E-state index >= 15 is 0 Å².